The SMILES string of the molecule is Cc1oncc1C(C)(C)CON. The van der Waals surface area contributed by atoms with Crippen molar-refractivity contribution in [1.29, 1.82) is 0 Å². The summed E-state index contributed by atoms with van der Waals surface area (Å²) in [5.41, 5.74) is 0.895. The molecule has 0 spiro atoms. The van der Waals surface area contributed by atoms with Crippen molar-refractivity contribution in [1.82, 2.24) is 5.16 Å². The predicted octanol–water partition coefficient (Wildman–Crippen LogP) is 1.15. The summed E-state index contributed by atoms with van der Waals surface area (Å²) in [4.78, 5) is 4.62. The second-order valence-electron chi connectivity index (χ2n) is 3.49. The van der Waals surface area contributed by atoms with Crippen LogP contribution in [-0.2, 0) is 10.3 Å². The van der Waals surface area contributed by atoms with Crippen molar-refractivity contribution >= 4 is 0 Å². The molecule has 0 radical (unpaired) electrons. The van der Waals surface area contributed by atoms with E-state index in [1.165, 1.54) is 0 Å². The highest BCUT2D eigenvalue weighted by Crippen LogP contribution is 2.25. The van der Waals surface area contributed by atoms with E-state index >= 15 is 0 Å². The van der Waals surface area contributed by atoms with Crippen molar-refractivity contribution in [3.05, 3.63) is 17.5 Å². The Balaban J connectivity index is 2.88. The van der Waals surface area contributed by atoms with Crippen molar-refractivity contribution in [3.8, 4) is 0 Å². The van der Waals surface area contributed by atoms with Gasteiger partial charge in [0.2, 0.25) is 0 Å². The van der Waals surface area contributed by atoms with Gasteiger partial charge in [0.25, 0.3) is 0 Å². The van der Waals surface area contributed by atoms with Crippen LogP contribution in [0.4, 0.5) is 0 Å². The monoisotopic (exact) mass is 170 g/mol. The molecule has 1 aromatic heterocycles. The van der Waals surface area contributed by atoms with Gasteiger partial charge < -0.3 is 9.36 Å². The van der Waals surface area contributed by atoms with E-state index in [0.29, 0.717) is 6.61 Å². The molecule has 0 fully saturated rings. The first-order chi connectivity index (χ1) is 5.58. The van der Waals surface area contributed by atoms with Crippen molar-refractivity contribution in [2.75, 3.05) is 6.61 Å². The number of nitrogens with zero attached hydrogens (tertiary/aromatic N) is 1. The lowest BCUT2D eigenvalue weighted by Crippen LogP contribution is -2.26. The standard InChI is InChI=1S/C8H14N2O2/c1-6-7(4-10-12-6)8(2,3)5-11-9/h4H,5,9H2,1-3H3. The minimum Gasteiger partial charge on any atom is -0.361 e. The molecule has 12 heavy (non-hydrogen) atoms. The molecule has 0 aliphatic rings. The molecule has 1 rings (SSSR count). The first-order valence-electron chi connectivity index (χ1n) is 3.81. The minimum absolute atomic E-state index is 0.140. The van der Waals surface area contributed by atoms with E-state index in [9.17, 15) is 0 Å². The molecule has 0 saturated carbocycles. The molecule has 4 heteroatoms. The van der Waals surface area contributed by atoms with Crippen LogP contribution in [0.1, 0.15) is 25.2 Å². The molecule has 0 saturated heterocycles. The highest BCUT2D eigenvalue weighted by Gasteiger charge is 2.25. The lowest BCUT2D eigenvalue weighted by Gasteiger charge is -2.21. The molecule has 1 aromatic rings. The Morgan fingerprint density at radius 3 is 2.75 bits per heavy atom. The van der Waals surface area contributed by atoms with Crippen LogP contribution in [-0.4, -0.2) is 11.8 Å². The third-order valence-corrected chi connectivity index (χ3v) is 1.92. The molecule has 0 aliphatic carbocycles. The van der Waals surface area contributed by atoms with Crippen LogP contribution in [0.3, 0.4) is 0 Å². The molecule has 0 atom stereocenters. The van der Waals surface area contributed by atoms with E-state index in [1.54, 1.807) is 6.20 Å². The molecule has 0 aliphatic heterocycles. The summed E-state index contributed by atoms with van der Waals surface area (Å²) in [6, 6.07) is 0. The topological polar surface area (TPSA) is 61.3 Å². The molecular weight excluding hydrogens is 156 g/mol. The highest BCUT2D eigenvalue weighted by atomic mass is 16.6. The third kappa shape index (κ3) is 1.65. The Kier molecular flexibility index (Phi) is 2.49. The van der Waals surface area contributed by atoms with Gasteiger partial charge in [-0.3, -0.25) is 0 Å². The molecule has 0 aromatic carbocycles. The Morgan fingerprint density at radius 2 is 2.33 bits per heavy atom. The third-order valence-electron chi connectivity index (χ3n) is 1.92. The van der Waals surface area contributed by atoms with Crippen molar-refractivity contribution in [2.24, 2.45) is 5.90 Å². The summed E-state index contributed by atoms with van der Waals surface area (Å²) in [6.45, 7) is 6.38. The summed E-state index contributed by atoms with van der Waals surface area (Å²) >= 11 is 0. The number of aromatic nitrogens is 1. The summed E-state index contributed by atoms with van der Waals surface area (Å²) < 4.78 is 4.95. The average molecular weight is 170 g/mol. The van der Waals surface area contributed by atoms with Gasteiger partial charge in [0.1, 0.15) is 5.76 Å². The number of rotatable bonds is 3. The van der Waals surface area contributed by atoms with Gasteiger partial charge in [0.15, 0.2) is 0 Å². The van der Waals surface area contributed by atoms with Crippen LogP contribution in [0.15, 0.2) is 10.7 Å². The quantitative estimate of drug-likeness (QED) is 0.691. The van der Waals surface area contributed by atoms with E-state index in [-0.39, 0.29) is 5.41 Å². The fourth-order valence-electron chi connectivity index (χ4n) is 1.24. The van der Waals surface area contributed by atoms with Crippen LogP contribution in [0, 0.1) is 6.92 Å². The van der Waals surface area contributed by atoms with E-state index in [1.807, 2.05) is 20.8 Å². The average Bonchev–Trinajstić information content (AvgIpc) is 2.35. The maximum absolute atomic E-state index is 5.02. The van der Waals surface area contributed by atoms with Gasteiger partial charge in [-0.25, -0.2) is 5.90 Å². The van der Waals surface area contributed by atoms with Gasteiger partial charge >= 0.3 is 0 Å². The van der Waals surface area contributed by atoms with Gasteiger partial charge in [0.05, 0.1) is 12.8 Å². The zero-order valence-electron chi connectivity index (χ0n) is 7.63. The van der Waals surface area contributed by atoms with E-state index < -0.39 is 0 Å². The summed E-state index contributed by atoms with van der Waals surface area (Å²) in [6.07, 6.45) is 1.70. The molecule has 0 unspecified atom stereocenters. The fraction of sp³-hybridized carbons (Fsp3) is 0.625. The van der Waals surface area contributed by atoms with Crippen molar-refractivity contribution < 1.29 is 9.36 Å². The van der Waals surface area contributed by atoms with Crippen LogP contribution < -0.4 is 5.90 Å². The lowest BCUT2D eigenvalue weighted by atomic mass is 9.86. The Hall–Kier alpha value is -0.870. The van der Waals surface area contributed by atoms with E-state index in [4.69, 9.17) is 10.4 Å². The second kappa shape index (κ2) is 3.25. The van der Waals surface area contributed by atoms with Crippen molar-refractivity contribution in [3.63, 3.8) is 0 Å². The van der Waals surface area contributed by atoms with Gasteiger partial charge in [-0.1, -0.05) is 19.0 Å². The van der Waals surface area contributed by atoms with Crippen LogP contribution >= 0.6 is 0 Å². The van der Waals surface area contributed by atoms with Gasteiger partial charge in [-0.2, -0.15) is 0 Å². The van der Waals surface area contributed by atoms with Gasteiger partial charge in [0, 0.05) is 11.0 Å². The highest BCUT2D eigenvalue weighted by molar-refractivity contribution is 5.22. The Labute approximate surface area is 71.6 Å². The lowest BCUT2D eigenvalue weighted by molar-refractivity contribution is 0.0959. The second-order valence-corrected chi connectivity index (χ2v) is 3.49. The summed E-state index contributed by atoms with van der Waals surface area (Å²) in [5, 5.41) is 3.70. The number of nitrogens with two attached hydrogens (primary N) is 1. The summed E-state index contributed by atoms with van der Waals surface area (Å²) in [7, 11) is 0. The number of hydrogen-bond acceptors (Lipinski definition) is 4. The van der Waals surface area contributed by atoms with Crippen LogP contribution in [0.25, 0.3) is 0 Å². The maximum atomic E-state index is 5.02. The van der Waals surface area contributed by atoms with Crippen molar-refractivity contribution in [2.45, 2.75) is 26.2 Å². The predicted molar refractivity (Wildman–Crippen MR) is 44.4 cm³/mol. The Morgan fingerprint density at radius 1 is 1.67 bits per heavy atom. The van der Waals surface area contributed by atoms with Gasteiger partial charge in [-0.05, 0) is 6.92 Å². The zero-order valence-corrected chi connectivity index (χ0v) is 7.63. The summed E-state index contributed by atoms with van der Waals surface area (Å²) in [5.74, 6) is 5.84. The first-order valence-corrected chi connectivity index (χ1v) is 3.81. The fourth-order valence-corrected chi connectivity index (χ4v) is 1.24. The van der Waals surface area contributed by atoms with E-state index in [2.05, 4.69) is 9.99 Å². The first kappa shape index (κ1) is 9.22. The molecule has 2 N–H and O–H groups in total. The van der Waals surface area contributed by atoms with Crippen LogP contribution in [0.5, 0.6) is 0 Å². The largest absolute Gasteiger partial charge is 0.361 e. The molecular formula is C8H14N2O2. The Bertz CT molecular complexity index is 255. The van der Waals surface area contributed by atoms with Gasteiger partial charge in [-0.15, -0.1) is 0 Å². The normalized spacial score (nSPS) is 12.0. The number of hydrogen-bond donors (Lipinski definition) is 1. The maximum Gasteiger partial charge on any atom is 0.137 e. The molecule has 0 amide bonds. The molecule has 68 valence electrons. The van der Waals surface area contributed by atoms with E-state index in [0.717, 1.165) is 11.3 Å². The molecule has 1 heterocycles. The van der Waals surface area contributed by atoms with Crippen LogP contribution in [0.2, 0.25) is 0 Å². The molecule has 0 bridgehead atoms. The molecule has 4 nitrogen and oxygen atoms in total. The number of aryl methyl sites for hydroxylation is 1. The zero-order chi connectivity index (χ0) is 9.19. The smallest absolute Gasteiger partial charge is 0.137 e. The minimum atomic E-state index is -0.140.